The second-order valence-corrected chi connectivity index (χ2v) is 12.2. The van der Waals surface area contributed by atoms with Crippen LogP contribution in [0.25, 0.3) is 55.7 Å². The molecular formula is C44H34N4. The zero-order chi connectivity index (χ0) is 32.5. The second kappa shape index (κ2) is 12.5. The van der Waals surface area contributed by atoms with Crippen molar-refractivity contribution in [2.75, 3.05) is 4.90 Å². The van der Waals surface area contributed by atoms with Gasteiger partial charge in [-0.2, -0.15) is 0 Å². The Morgan fingerprint density at radius 1 is 0.500 bits per heavy atom. The lowest BCUT2D eigenvalue weighted by molar-refractivity contribution is 0.969. The molecule has 0 atom stereocenters. The highest BCUT2D eigenvalue weighted by atomic mass is 15.1. The van der Waals surface area contributed by atoms with Gasteiger partial charge in [0.2, 0.25) is 0 Å². The summed E-state index contributed by atoms with van der Waals surface area (Å²) in [6.45, 7) is 2.12. The third-order valence-electron chi connectivity index (χ3n) is 8.98. The maximum Gasteiger partial charge on any atom is 0.0709 e. The van der Waals surface area contributed by atoms with E-state index in [9.17, 15) is 0 Å². The summed E-state index contributed by atoms with van der Waals surface area (Å²) in [5.41, 5.74) is 14.2. The van der Waals surface area contributed by atoms with Crippen molar-refractivity contribution in [2.45, 2.75) is 6.92 Å². The molecule has 0 bridgehead atoms. The zero-order valence-electron chi connectivity index (χ0n) is 27.0. The first-order valence-corrected chi connectivity index (χ1v) is 16.2. The summed E-state index contributed by atoms with van der Waals surface area (Å²) >= 11 is 0. The average Bonchev–Trinajstić information content (AvgIpc) is 3.52. The highest BCUT2D eigenvalue weighted by Gasteiger charge is 2.17. The van der Waals surface area contributed by atoms with Gasteiger partial charge in [0, 0.05) is 64.7 Å². The van der Waals surface area contributed by atoms with Crippen LogP contribution in [0.1, 0.15) is 5.56 Å². The van der Waals surface area contributed by atoms with Crippen molar-refractivity contribution < 1.29 is 0 Å². The van der Waals surface area contributed by atoms with Crippen LogP contribution in [-0.2, 0) is 7.05 Å². The molecule has 48 heavy (non-hydrogen) atoms. The molecule has 0 fully saturated rings. The summed E-state index contributed by atoms with van der Waals surface area (Å²) in [5.74, 6) is 0. The molecule has 230 valence electrons. The Morgan fingerprint density at radius 3 is 1.83 bits per heavy atom. The number of anilines is 3. The first kappa shape index (κ1) is 29.2. The molecule has 3 heterocycles. The molecule has 4 nitrogen and oxygen atoms in total. The van der Waals surface area contributed by atoms with Gasteiger partial charge in [-0.3, -0.25) is 9.97 Å². The second-order valence-electron chi connectivity index (χ2n) is 12.2. The molecule has 0 aliphatic heterocycles. The fourth-order valence-corrected chi connectivity index (χ4v) is 6.47. The van der Waals surface area contributed by atoms with Crippen LogP contribution in [0, 0.1) is 6.92 Å². The number of aryl methyl sites for hydroxylation is 2. The Morgan fingerprint density at radius 2 is 1.12 bits per heavy atom. The van der Waals surface area contributed by atoms with Gasteiger partial charge in [-0.1, -0.05) is 84.9 Å². The maximum atomic E-state index is 4.88. The van der Waals surface area contributed by atoms with Gasteiger partial charge in [0.05, 0.1) is 11.4 Å². The van der Waals surface area contributed by atoms with Crippen molar-refractivity contribution >= 4 is 28.0 Å². The van der Waals surface area contributed by atoms with Crippen molar-refractivity contribution in [3.05, 3.63) is 176 Å². The standard InChI is InChI=1S/C44H34N4/c1-31-30-46-43(29-41(31)33-13-7-4-8-14-33)36-16-10-18-39(26-36)48(40-19-20-44-37(27-40)22-24-47(44)2)38-17-9-15-35(25-38)42-28-34(21-23-45-42)32-11-5-3-6-12-32/h3-30H,1-2H3. The molecule has 0 saturated heterocycles. The van der Waals surface area contributed by atoms with Crippen LogP contribution in [0.3, 0.4) is 0 Å². The number of hydrogen-bond acceptors (Lipinski definition) is 3. The van der Waals surface area contributed by atoms with Crippen molar-refractivity contribution in [1.82, 2.24) is 14.5 Å². The van der Waals surface area contributed by atoms with E-state index in [1.807, 2.05) is 18.5 Å². The summed E-state index contributed by atoms with van der Waals surface area (Å²) in [5, 5.41) is 1.19. The van der Waals surface area contributed by atoms with Gasteiger partial charge >= 0.3 is 0 Å². The van der Waals surface area contributed by atoms with E-state index in [4.69, 9.17) is 9.97 Å². The molecule has 0 amide bonds. The Hall–Kier alpha value is -6.26. The van der Waals surface area contributed by atoms with E-state index in [0.29, 0.717) is 0 Å². The van der Waals surface area contributed by atoms with Gasteiger partial charge in [-0.25, -0.2) is 0 Å². The lowest BCUT2D eigenvalue weighted by atomic mass is 9.99. The minimum Gasteiger partial charge on any atom is -0.351 e. The molecule has 0 radical (unpaired) electrons. The Bertz CT molecular complexity index is 2370. The number of nitrogens with zero attached hydrogens (tertiary/aromatic N) is 4. The molecule has 4 heteroatoms. The third kappa shape index (κ3) is 5.65. The number of fused-ring (bicyclic) bond motifs is 1. The topological polar surface area (TPSA) is 34.0 Å². The summed E-state index contributed by atoms with van der Waals surface area (Å²) < 4.78 is 2.16. The smallest absolute Gasteiger partial charge is 0.0709 e. The SMILES string of the molecule is Cc1cnc(-c2cccc(N(c3cccc(-c4cc(-c5ccccc5)ccn4)c3)c3ccc4c(ccn4C)c3)c2)cc1-c1ccccc1. The predicted octanol–water partition coefficient (Wildman–Crippen LogP) is 11.4. The van der Waals surface area contributed by atoms with Crippen LogP contribution in [-0.4, -0.2) is 14.5 Å². The lowest BCUT2D eigenvalue weighted by Gasteiger charge is -2.26. The molecule has 0 N–H and O–H groups in total. The summed E-state index contributed by atoms with van der Waals surface area (Å²) in [4.78, 5) is 12.0. The van der Waals surface area contributed by atoms with Crippen LogP contribution >= 0.6 is 0 Å². The van der Waals surface area contributed by atoms with E-state index in [-0.39, 0.29) is 0 Å². The Labute approximate surface area is 281 Å². The maximum absolute atomic E-state index is 4.88. The molecule has 0 spiro atoms. The van der Waals surface area contributed by atoms with E-state index in [1.165, 1.54) is 27.6 Å². The van der Waals surface area contributed by atoms with Gasteiger partial charge in [0.1, 0.15) is 0 Å². The molecule has 0 aliphatic carbocycles. The largest absolute Gasteiger partial charge is 0.351 e. The number of hydrogen-bond donors (Lipinski definition) is 0. The van der Waals surface area contributed by atoms with E-state index in [0.717, 1.165) is 50.7 Å². The van der Waals surface area contributed by atoms with E-state index in [2.05, 4.69) is 175 Å². The monoisotopic (exact) mass is 618 g/mol. The minimum absolute atomic E-state index is 0.933. The Balaban J connectivity index is 1.24. The van der Waals surface area contributed by atoms with Crippen LogP contribution in [0.5, 0.6) is 0 Å². The molecule has 5 aromatic carbocycles. The van der Waals surface area contributed by atoms with Gasteiger partial charge in [0.25, 0.3) is 0 Å². The summed E-state index contributed by atoms with van der Waals surface area (Å²) in [7, 11) is 2.08. The van der Waals surface area contributed by atoms with Gasteiger partial charge in [-0.15, -0.1) is 0 Å². The first-order chi connectivity index (χ1) is 23.6. The molecule has 3 aromatic heterocycles. The quantitative estimate of drug-likeness (QED) is 0.178. The molecule has 8 rings (SSSR count). The average molecular weight is 619 g/mol. The van der Waals surface area contributed by atoms with Crippen molar-refractivity contribution in [1.29, 1.82) is 0 Å². The van der Waals surface area contributed by atoms with Gasteiger partial charge < -0.3 is 9.47 Å². The predicted molar refractivity (Wildman–Crippen MR) is 200 cm³/mol. The molecule has 8 aromatic rings. The fourth-order valence-electron chi connectivity index (χ4n) is 6.47. The number of benzene rings is 5. The lowest BCUT2D eigenvalue weighted by Crippen LogP contribution is -2.10. The van der Waals surface area contributed by atoms with E-state index in [1.54, 1.807) is 0 Å². The Kier molecular flexibility index (Phi) is 7.60. The normalized spacial score (nSPS) is 11.1. The highest BCUT2D eigenvalue weighted by Crippen LogP contribution is 2.39. The number of pyridine rings is 2. The van der Waals surface area contributed by atoms with Crippen LogP contribution in [0.2, 0.25) is 0 Å². The summed E-state index contributed by atoms with van der Waals surface area (Å²) in [6, 6.07) is 53.6. The zero-order valence-corrected chi connectivity index (χ0v) is 27.0. The van der Waals surface area contributed by atoms with E-state index < -0.39 is 0 Å². The molecular weight excluding hydrogens is 585 g/mol. The highest BCUT2D eigenvalue weighted by molar-refractivity contribution is 5.89. The fraction of sp³-hybridized carbons (Fsp3) is 0.0455. The molecule has 0 aliphatic rings. The van der Waals surface area contributed by atoms with Gasteiger partial charge in [-0.05, 0) is 101 Å². The van der Waals surface area contributed by atoms with Crippen LogP contribution in [0.4, 0.5) is 17.1 Å². The van der Waals surface area contributed by atoms with Crippen molar-refractivity contribution in [3.8, 4) is 44.8 Å². The third-order valence-corrected chi connectivity index (χ3v) is 8.98. The minimum atomic E-state index is 0.933. The number of rotatable bonds is 7. The number of aromatic nitrogens is 3. The van der Waals surface area contributed by atoms with Crippen LogP contribution < -0.4 is 4.90 Å². The van der Waals surface area contributed by atoms with Crippen molar-refractivity contribution in [2.24, 2.45) is 7.05 Å². The first-order valence-electron chi connectivity index (χ1n) is 16.2. The molecule has 0 unspecified atom stereocenters. The summed E-state index contributed by atoms with van der Waals surface area (Å²) in [6.07, 6.45) is 5.98. The van der Waals surface area contributed by atoms with E-state index >= 15 is 0 Å². The van der Waals surface area contributed by atoms with Crippen molar-refractivity contribution in [3.63, 3.8) is 0 Å². The molecule has 0 saturated carbocycles. The van der Waals surface area contributed by atoms with Crippen LogP contribution in [0.15, 0.2) is 170 Å². The van der Waals surface area contributed by atoms with Gasteiger partial charge in [0.15, 0.2) is 0 Å².